The first kappa shape index (κ1) is 18.5. The van der Waals surface area contributed by atoms with Gasteiger partial charge in [0.05, 0.1) is 12.6 Å². The molecule has 1 aliphatic rings. The standard InChI is InChI=1S/C21H24Br2N2O/c22-14-6-8-20-18(10-14)19-11-15(23)7-9-21(19)25(20)13-17(26)12-24-16-4-2-1-3-5-16/h6-11,16-17,24,26H,1-5,12-13H2/t17-/m1/s1. The summed E-state index contributed by atoms with van der Waals surface area (Å²) in [6, 6.07) is 13.3. The summed E-state index contributed by atoms with van der Waals surface area (Å²) in [5.41, 5.74) is 2.33. The number of halogens is 2. The molecule has 1 fully saturated rings. The van der Waals surface area contributed by atoms with Gasteiger partial charge in [0.15, 0.2) is 0 Å². The molecule has 3 nitrogen and oxygen atoms in total. The molecular weight excluding hydrogens is 456 g/mol. The zero-order chi connectivity index (χ0) is 18.1. The maximum absolute atomic E-state index is 10.7. The molecule has 0 bridgehead atoms. The van der Waals surface area contributed by atoms with E-state index in [0.717, 1.165) is 20.0 Å². The highest BCUT2D eigenvalue weighted by atomic mass is 79.9. The first-order valence-corrected chi connectivity index (χ1v) is 11.0. The van der Waals surface area contributed by atoms with Crippen molar-refractivity contribution in [1.82, 2.24) is 9.88 Å². The summed E-state index contributed by atoms with van der Waals surface area (Å²) in [5, 5.41) is 16.7. The van der Waals surface area contributed by atoms with Crippen molar-refractivity contribution in [1.29, 1.82) is 0 Å². The van der Waals surface area contributed by atoms with Crippen molar-refractivity contribution >= 4 is 53.7 Å². The zero-order valence-corrected chi connectivity index (χ0v) is 17.9. The van der Waals surface area contributed by atoms with Crippen LogP contribution in [-0.2, 0) is 6.54 Å². The number of benzene rings is 2. The van der Waals surface area contributed by atoms with E-state index in [1.165, 1.54) is 42.9 Å². The van der Waals surface area contributed by atoms with E-state index >= 15 is 0 Å². The predicted molar refractivity (Wildman–Crippen MR) is 116 cm³/mol. The second-order valence-electron chi connectivity index (χ2n) is 7.33. The van der Waals surface area contributed by atoms with Crippen LogP contribution in [0.2, 0.25) is 0 Å². The topological polar surface area (TPSA) is 37.2 Å². The number of aromatic nitrogens is 1. The Morgan fingerprint density at radius 1 is 0.962 bits per heavy atom. The Bertz CT molecular complexity index is 856. The van der Waals surface area contributed by atoms with Gasteiger partial charge in [-0.1, -0.05) is 51.1 Å². The first-order chi connectivity index (χ1) is 12.6. The molecule has 2 aromatic carbocycles. The minimum atomic E-state index is -0.400. The van der Waals surface area contributed by atoms with E-state index < -0.39 is 6.10 Å². The molecule has 4 rings (SSSR count). The lowest BCUT2D eigenvalue weighted by Crippen LogP contribution is -2.38. The summed E-state index contributed by atoms with van der Waals surface area (Å²) >= 11 is 7.17. The molecule has 0 radical (unpaired) electrons. The second-order valence-corrected chi connectivity index (χ2v) is 9.16. The number of aliphatic hydroxyl groups excluding tert-OH is 1. The van der Waals surface area contributed by atoms with E-state index in [9.17, 15) is 5.11 Å². The summed E-state index contributed by atoms with van der Waals surface area (Å²) in [6.45, 7) is 1.25. The monoisotopic (exact) mass is 478 g/mol. The van der Waals surface area contributed by atoms with Crippen molar-refractivity contribution in [3.63, 3.8) is 0 Å². The number of hydrogen-bond acceptors (Lipinski definition) is 2. The Labute approximate surface area is 171 Å². The SMILES string of the molecule is O[C@H](CNC1CCCCC1)Cn1c2ccc(Br)cc2c2cc(Br)ccc21. The molecule has 1 aliphatic carbocycles. The Morgan fingerprint density at radius 2 is 1.54 bits per heavy atom. The highest BCUT2D eigenvalue weighted by Crippen LogP contribution is 2.33. The van der Waals surface area contributed by atoms with Crippen molar-refractivity contribution in [3.8, 4) is 0 Å². The molecular formula is C21H24Br2N2O. The number of nitrogens with one attached hydrogen (secondary N) is 1. The fourth-order valence-electron chi connectivity index (χ4n) is 4.13. The normalized spacial score (nSPS) is 17.2. The van der Waals surface area contributed by atoms with Gasteiger partial charge in [-0.2, -0.15) is 0 Å². The maximum Gasteiger partial charge on any atom is 0.0843 e. The van der Waals surface area contributed by atoms with E-state index in [1.807, 2.05) is 0 Å². The molecule has 1 saturated carbocycles. The Hall–Kier alpha value is -0.880. The quantitative estimate of drug-likeness (QED) is 0.499. The molecule has 26 heavy (non-hydrogen) atoms. The summed E-state index contributed by atoms with van der Waals surface area (Å²) in [6.07, 6.45) is 6.05. The molecule has 1 aromatic heterocycles. The van der Waals surface area contributed by atoms with Crippen LogP contribution < -0.4 is 5.32 Å². The highest BCUT2D eigenvalue weighted by Gasteiger charge is 2.17. The van der Waals surface area contributed by atoms with E-state index in [1.54, 1.807) is 0 Å². The lowest BCUT2D eigenvalue weighted by molar-refractivity contribution is 0.147. The van der Waals surface area contributed by atoms with Gasteiger partial charge < -0.3 is 15.0 Å². The van der Waals surface area contributed by atoms with Crippen LogP contribution in [0.3, 0.4) is 0 Å². The molecule has 0 amide bonds. The Balaban J connectivity index is 1.60. The second kappa shape index (κ2) is 8.01. The van der Waals surface area contributed by atoms with Crippen LogP contribution in [0.5, 0.6) is 0 Å². The summed E-state index contributed by atoms with van der Waals surface area (Å²) in [4.78, 5) is 0. The lowest BCUT2D eigenvalue weighted by Gasteiger charge is -2.24. The number of aliphatic hydroxyl groups is 1. The van der Waals surface area contributed by atoms with Crippen molar-refractivity contribution in [2.24, 2.45) is 0 Å². The van der Waals surface area contributed by atoms with Crippen molar-refractivity contribution < 1.29 is 5.11 Å². The van der Waals surface area contributed by atoms with Crippen LogP contribution >= 0.6 is 31.9 Å². The predicted octanol–water partition coefficient (Wildman–Crippen LogP) is 5.60. The molecule has 5 heteroatoms. The van der Waals surface area contributed by atoms with E-state index in [4.69, 9.17) is 0 Å². The van der Waals surface area contributed by atoms with Crippen LogP contribution in [0.25, 0.3) is 21.8 Å². The molecule has 0 spiro atoms. The van der Waals surface area contributed by atoms with Crippen molar-refractivity contribution in [3.05, 3.63) is 45.3 Å². The van der Waals surface area contributed by atoms with Gasteiger partial charge in [-0.05, 0) is 49.2 Å². The van der Waals surface area contributed by atoms with E-state index in [2.05, 4.69) is 78.1 Å². The number of rotatable bonds is 5. The maximum atomic E-state index is 10.7. The number of fused-ring (bicyclic) bond motifs is 3. The minimum Gasteiger partial charge on any atom is -0.390 e. The minimum absolute atomic E-state index is 0.400. The van der Waals surface area contributed by atoms with Gasteiger partial charge in [0.2, 0.25) is 0 Å². The third-order valence-electron chi connectivity index (χ3n) is 5.43. The third kappa shape index (κ3) is 3.86. The summed E-state index contributed by atoms with van der Waals surface area (Å²) in [5.74, 6) is 0. The number of nitrogens with zero attached hydrogens (tertiary/aromatic N) is 1. The van der Waals surface area contributed by atoms with E-state index in [0.29, 0.717) is 19.1 Å². The lowest BCUT2D eigenvalue weighted by atomic mass is 9.95. The average molecular weight is 480 g/mol. The summed E-state index contributed by atoms with van der Waals surface area (Å²) in [7, 11) is 0. The molecule has 0 unspecified atom stereocenters. The highest BCUT2D eigenvalue weighted by molar-refractivity contribution is 9.10. The van der Waals surface area contributed by atoms with Crippen molar-refractivity contribution in [2.45, 2.75) is 50.8 Å². The van der Waals surface area contributed by atoms with Gasteiger partial charge in [0.25, 0.3) is 0 Å². The average Bonchev–Trinajstić information content (AvgIpc) is 2.93. The molecule has 1 heterocycles. The fourth-order valence-corrected chi connectivity index (χ4v) is 4.85. The smallest absolute Gasteiger partial charge is 0.0843 e. The molecule has 3 aromatic rings. The van der Waals surface area contributed by atoms with Crippen LogP contribution in [0, 0.1) is 0 Å². The molecule has 138 valence electrons. The molecule has 0 aliphatic heterocycles. The van der Waals surface area contributed by atoms with Gasteiger partial charge >= 0.3 is 0 Å². The van der Waals surface area contributed by atoms with Gasteiger partial charge in [-0.25, -0.2) is 0 Å². The third-order valence-corrected chi connectivity index (χ3v) is 6.42. The van der Waals surface area contributed by atoms with Crippen LogP contribution in [0.1, 0.15) is 32.1 Å². The number of hydrogen-bond donors (Lipinski definition) is 2. The first-order valence-electron chi connectivity index (χ1n) is 9.40. The fraction of sp³-hybridized carbons (Fsp3) is 0.429. The largest absolute Gasteiger partial charge is 0.390 e. The van der Waals surface area contributed by atoms with E-state index in [-0.39, 0.29) is 0 Å². The molecule has 2 N–H and O–H groups in total. The molecule has 1 atom stereocenters. The van der Waals surface area contributed by atoms with Crippen molar-refractivity contribution in [2.75, 3.05) is 6.54 Å². The van der Waals surface area contributed by atoms with Gasteiger partial charge in [-0.15, -0.1) is 0 Å². The zero-order valence-electron chi connectivity index (χ0n) is 14.7. The van der Waals surface area contributed by atoms with Crippen LogP contribution in [0.4, 0.5) is 0 Å². The Morgan fingerprint density at radius 3 is 2.12 bits per heavy atom. The van der Waals surface area contributed by atoms with Gasteiger partial charge in [-0.3, -0.25) is 0 Å². The van der Waals surface area contributed by atoms with Crippen LogP contribution in [0.15, 0.2) is 45.3 Å². The van der Waals surface area contributed by atoms with Gasteiger partial charge in [0.1, 0.15) is 0 Å². The van der Waals surface area contributed by atoms with Gasteiger partial charge in [0, 0.05) is 43.3 Å². The summed E-state index contributed by atoms with van der Waals surface area (Å²) < 4.78 is 4.39. The van der Waals surface area contributed by atoms with Crippen LogP contribution in [-0.4, -0.2) is 28.4 Å². The Kier molecular flexibility index (Phi) is 5.69. The molecule has 0 saturated heterocycles.